The van der Waals surface area contributed by atoms with Gasteiger partial charge >= 0.3 is 30.4 Å². The van der Waals surface area contributed by atoms with E-state index in [1.165, 1.54) is 0 Å². The van der Waals surface area contributed by atoms with Crippen LogP contribution in [0, 0.1) is 7.14 Å². The Morgan fingerprint density at radius 1 is 0.561 bits per heavy atom. The Labute approximate surface area is 251 Å². The molecule has 0 heterocycles. The third-order valence-electron chi connectivity index (χ3n) is 6.28. The molecular weight excluding hydrogens is 643 g/mol. The van der Waals surface area contributed by atoms with Gasteiger partial charge in [0.2, 0.25) is 0 Å². The lowest BCUT2D eigenvalue weighted by Gasteiger charge is -2.21. The molecular formula is C35H33IO4S+. The molecule has 6 heteroatoms. The fraction of sp³-hybridized carbons (Fsp3) is 0.143. The Kier molecular flexibility index (Phi) is 8.92. The fourth-order valence-corrected chi connectivity index (χ4v) is 11.5. The number of hydrogen-bond donors (Lipinski definition) is 0. The van der Waals surface area contributed by atoms with Crippen LogP contribution in [0.4, 0.5) is 0 Å². The zero-order chi connectivity index (χ0) is 28.9. The number of hydrogen-bond acceptors (Lipinski definition) is 4. The maximum Gasteiger partial charge on any atom is 0.336 e. The average Bonchev–Trinajstić information content (AvgIpc) is 2.98. The molecule has 0 fully saturated rings. The Bertz CT molecular complexity index is 1610. The van der Waals surface area contributed by atoms with E-state index < -0.39 is 30.4 Å². The normalized spacial score (nSPS) is 12.0. The molecule has 0 N–H and O–H groups in total. The SMILES string of the molecule is CC(C)(C)Oc1ccc([I+](OS(=O)(=O)c2ccc(C(c3ccccc3)c3ccccc3)cc2)c2ccccc2)cc1. The predicted octanol–water partition coefficient (Wildman–Crippen LogP) is 5.03. The zero-order valence-corrected chi connectivity index (χ0v) is 26.2. The van der Waals surface area contributed by atoms with E-state index in [1.807, 2.05) is 124 Å². The van der Waals surface area contributed by atoms with Gasteiger partial charge in [0.1, 0.15) is 11.4 Å². The third kappa shape index (κ3) is 7.44. The molecule has 0 unspecified atom stereocenters. The molecule has 1 radical (unpaired) electrons. The van der Waals surface area contributed by atoms with Crippen molar-refractivity contribution in [2.45, 2.75) is 37.2 Å². The van der Waals surface area contributed by atoms with Crippen LogP contribution in [0.15, 0.2) is 144 Å². The monoisotopic (exact) mass is 676 g/mol. The minimum Gasteiger partial charge on any atom is -0.488 e. The van der Waals surface area contributed by atoms with Crippen molar-refractivity contribution in [2.75, 3.05) is 0 Å². The van der Waals surface area contributed by atoms with Gasteiger partial charge in [-0.05, 0) is 88.5 Å². The van der Waals surface area contributed by atoms with Crippen molar-refractivity contribution in [3.05, 3.63) is 163 Å². The summed E-state index contributed by atoms with van der Waals surface area (Å²) in [5.41, 5.74) is 2.96. The van der Waals surface area contributed by atoms with Crippen molar-refractivity contribution in [2.24, 2.45) is 0 Å². The van der Waals surface area contributed by atoms with E-state index >= 15 is 0 Å². The van der Waals surface area contributed by atoms with Gasteiger partial charge < -0.3 is 4.74 Å². The van der Waals surface area contributed by atoms with E-state index in [4.69, 9.17) is 7.25 Å². The quantitative estimate of drug-likeness (QED) is 0.163. The van der Waals surface area contributed by atoms with Crippen molar-refractivity contribution < 1.29 is 35.9 Å². The van der Waals surface area contributed by atoms with Gasteiger partial charge in [0.05, 0.1) is 4.90 Å². The van der Waals surface area contributed by atoms with E-state index in [2.05, 4.69) is 24.3 Å². The van der Waals surface area contributed by atoms with Crippen LogP contribution in [-0.2, 0) is 12.6 Å². The van der Waals surface area contributed by atoms with Crippen LogP contribution in [0.2, 0.25) is 0 Å². The van der Waals surface area contributed by atoms with Crippen molar-refractivity contribution in [3.63, 3.8) is 0 Å². The molecule has 0 amide bonds. The smallest absolute Gasteiger partial charge is 0.336 e. The largest absolute Gasteiger partial charge is 0.488 e. The van der Waals surface area contributed by atoms with Crippen LogP contribution in [0.3, 0.4) is 0 Å². The first-order valence-corrected chi connectivity index (χ1v) is 17.8. The molecule has 0 aromatic heterocycles. The second kappa shape index (κ2) is 12.6. The molecule has 209 valence electrons. The number of ether oxygens (including phenoxy) is 1. The summed E-state index contributed by atoms with van der Waals surface area (Å²) in [5, 5.41) is 0. The van der Waals surface area contributed by atoms with Gasteiger partial charge in [0.25, 0.3) is 0 Å². The van der Waals surface area contributed by atoms with Crippen molar-refractivity contribution in [1.29, 1.82) is 0 Å². The average molecular weight is 677 g/mol. The molecule has 5 aromatic carbocycles. The highest BCUT2D eigenvalue weighted by atomic mass is 127. The number of halogens is 1. The van der Waals surface area contributed by atoms with E-state index in [-0.39, 0.29) is 16.4 Å². The van der Waals surface area contributed by atoms with Crippen LogP contribution in [0.5, 0.6) is 5.75 Å². The summed E-state index contributed by atoms with van der Waals surface area (Å²) in [6.07, 6.45) is 0. The Morgan fingerprint density at radius 3 is 1.49 bits per heavy atom. The zero-order valence-electron chi connectivity index (χ0n) is 23.3. The topological polar surface area (TPSA) is 52.6 Å². The molecule has 0 saturated heterocycles. The van der Waals surface area contributed by atoms with E-state index in [0.29, 0.717) is 0 Å². The molecule has 0 aliphatic rings. The van der Waals surface area contributed by atoms with Crippen molar-refractivity contribution in [3.8, 4) is 5.75 Å². The van der Waals surface area contributed by atoms with Crippen molar-refractivity contribution >= 4 is 10.1 Å². The van der Waals surface area contributed by atoms with Crippen LogP contribution < -0.4 is 25.0 Å². The number of rotatable bonds is 9. The van der Waals surface area contributed by atoms with Crippen molar-refractivity contribution in [1.82, 2.24) is 0 Å². The molecule has 0 spiro atoms. The molecule has 4 nitrogen and oxygen atoms in total. The van der Waals surface area contributed by atoms with Gasteiger partial charge in [-0.15, -0.1) is 0 Å². The standard InChI is InChI=1S/C35H33IO4S/c1-35(2,3)39-32-23-21-31(22-24-32)36(30-17-11-6-12-18-30)40-41(37,38)33-25-19-29(20-26-33)34(27-13-7-4-8-14-27)28-15-9-5-10-16-28/h4-26,34H,1-3H3/q+1. The molecule has 0 aliphatic carbocycles. The summed E-state index contributed by atoms with van der Waals surface area (Å²) in [5.74, 6) is 0.714. The van der Waals surface area contributed by atoms with Gasteiger partial charge in [0, 0.05) is 5.92 Å². The second-order valence-corrected chi connectivity index (χ2v) is 17.0. The predicted molar refractivity (Wildman–Crippen MR) is 159 cm³/mol. The second-order valence-electron chi connectivity index (χ2n) is 10.6. The highest BCUT2D eigenvalue weighted by molar-refractivity contribution is 7.86. The molecule has 0 bridgehead atoms. The van der Waals surface area contributed by atoms with Crippen LogP contribution in [0.25, 0.3) is 0 Å². The lowest BCUT2D eigenvalue weighted by atomic mass is 9.85. The molecule has 5 aromatic rings. The maximum atomic E-state index is 13.7. The first-order valence-electron chi connectivity index (χ1n) is 13.4. The van der Waals surface area contributed by atoms with Crippen LogP contribution in [-0.4, -0.2) is 14.0 Å². The number of benzene rings is 5. The van der Waals surface area contributed by atoms with E-state index in [9.17, 15) is 8.42 Å². The lowest BCUT2D eigenvalue weighted by molar-refractivity contribution is -1.03. The molecule has 0 atom stereocenters. The molecule has 0 aliphatic heterocycles. The minimum absolute atomic E-state index is 0.0171. The lowest BCUT2D eigenvalue weighted by Crippen LogP contribution is -3.85. The summed E-state index contributed by atoms with van der Waals surface area (Å²) in [6, 6.07) is 44.8. The van der Waals surface area contributed by atoms with Crippen LogP contribution in [0.1, 0.15) is 43.4 Å². The minimum atomic E-state index is -4.03. The van der Waals surface area contributed by atoms with Gasteiger partial charge in [-0.25, -0.2) is 0 Å². The molecule has 5 rings (SSSR count). The van der Waals surface area contributed by atoms with Gasteiger partial charge in [-0.2, -0.15) is 8.42 Å². The summed E-state index contributed by atoms with van der Waals surface area (Å²) < 4.78 is 41.1. The van der Waals surface area contributed by atoms with Gasteiger partial charge in [0.15, 0.2) is 7.14 Å². The first kappa shape index (κ1) is 29.0. The Balaban J connectivity index is 1.45. The van der Waals surface area contributed by atoms with Gasteiger partial charge in [-0.1, -0.05) is 91.0 Å². The van der Waals surface area contributed by atoms with Crippen LogP contribution >= 0.6 is 0 Å². The third-order valence-corrected chi connectivity index (χ3v) is 13.6. The summed E-state index contributed by atoms with van der Waals surface area (Å²) >= 11 is -2.82. The molecule has 41 heavy (non-hydrogen) atoms. The molecule has 0 saturated carbocycles. The highest BCUT2D eigenvalue weighted by Gasteiger charge is 2.38. The highest BCUT2D eigenvalue weighted by Crippen LogP contribution is 2.32. The summed E-state index contributed by atoms with van der Waals surface area (Å²) in [6.45, 7) is 5.98. The maximum absolute atomic E-state index is 13.7. The summed E-state index contributed by atoms with van der Waals surface area (Å²) in [7, 11) is -4.03. The Morgan fingerprint density at radius 2 is 1.00 bits per heavy atom. The Hall–Kier alpha value is -3.46. The first-order chi connectivity index (χ1) is 19.7. The van der Waals surface area contributed by atoms with E-state index in [1.54, 1.807) is 12.1 Å². The fourth-order valence-electron chi connectivity index (χ4n) is 4.51. The summed E-state index contributed by atoms with van der Waals surface area (Å²) in [4.78, 5) is 0.145. The van der Waals surface area contributed by atoms with Gasteiger partial charge in [-0.3, -0.25) is 0 Å². The van der Waals surface area contributed by atoms with E-state index in [0.717, 1.165) is 29.6 Å².